The van der Waals surface area contributed by atoms with Crippen molar-refractivity contribution in [3.8, 4) is 16.3 Å². The van der Waals surface area contributed by atoms with Crippen LogP contribution in [0.4, 0.5) is 0 Å². The van der Waals surface area contributed by atoms with E-state index < -0.39 is 10.0 Å². The van der Waals surface area contributed by atoms with Crippen LogP contribution in [0.5, 0.6) is 5.75 Å². The average molecular weight is 389 g/mol. The molecule has 0 amide bonds. The van der Waals surface area contributed by atoms with Gasteiger partial charge in [0.25, 0.3) is 0 Å². The first-order valence-electron chi connectivity index (χ1n) is 8.14. The summed E-state index contributed by atoms with van der Waals surface area (Å²) in [4.78, 5) is 4.87. The fourth-order valence-electron chi connectivity index (χ4n) is 2.48. The number of nitrogens with zero attached hydrogens (tertiary/aromatic N) is 1. The van der Waals surface area contributed by atoms with Crippen LogP contribution < -0.4 is 9.46 Å². The number of hydrogen-bond acceptors (Lipinski definition) is 5. The normalized spacial score (nSPS) is 11.5. The first-order valence-corrected chi connectivity index (χ1v) is 10.5. The van der Waals surface area contributed by atoms with Crippen molar-refractivity contribution in [1.82, 2.24) is 9.71 Å². The van der Waals surface area contributed by atoms with E-state index in [0.717, 1.165) is 27.6 Å². The Morgan fingerprint density at radius 1 is 1.12 bits per heavy atom. The average Bonchev–Trinajstić information content (AvgIpc) is 3.10. The molecule has 1 N–H and O–H groups in total. The third-order valence-electron chi connectivity index (χ3n) is 3.89. The number of aromatic nitrogens is 1. The lowest BCUT2D eigenvalue weighted by atomic mass is 10.2. The Labute approximate surface area is 157 Å². The molecule has 7 heteroatoms. The number of methoxy groups -OCH3 is 1. The maximum absolute atomic E-state index is 12.3. The zero-order chi connectivity index (χ0) is 18.6. The summed E-state index contributed by atoms with van der Waals surface area (Å²) in [7, 11) is -1.87. The van der Waals surface area contributed by atoms with Crippen molar-refractivity contribution in [2.24, 2.45) is 0 Å². The number of sulfonamides is 1. The van der Waals surface area contributed by atoms with Crippen LogP contribution in [-0.2, 0) is 16.4 Å². The summed E-state index contributed by atoms with van der Waals surface area (Å²) in [5, 5.41) is 2.81. The second-order valence-electron chi connectivity index (χ2n) is 5.81. The molecule has 0 bridgehead atoms. The second-order valence-corrected chi connectivity index (χ2v) is 8.43. The molecule has 0 unspecified atom stereocenters. The molecule has 0 atom stereocenters. The fourth-order valence-corrected chi connectivity index (χ4v) is 4.40. The van der Waals surface area contributed by atoms with Crippen molar-refractivity contribution in [2.75, 3.05) is 13.7 Å². The summed E-state index contributed by atoms with van der Waals surface area (Å²) < 4.78 is 32.6. The Kier molecular flexibility index (Phi) is 5.70. The van der Waals surface area contributed by atoms with Crippen LogP contribution in [0.3, 0.4) is 0 Å². The minimum Gasteiger partial charge on any atom is -0.496 e. The van der Waals surface area contributed by atoms with Gasteiger partial charge in [0.1, 0.15) is 10.8 Å². The molecule has 0 saturated heterocycles. The zero-order valence-electron chi connectivity index (χ0n) is 14.6. The van der Waals surface area contributed by atoms with E-state index in [-0.39, 0.29) is 4.90 Å². The standard InChI is InChI=1S/C19H20N2O3S2/c1-14-7-9-16(10-8-14)26(22,23)20-12-11-15-13-25-19(21-15)17-5-3-4-6-18(17)24-2/h3-10,13,20H,11-12H2,1-2H3. The van der Waals surface area contributed by atoms with E-state index in [1.54, 1.807) is 31.4 Å². The maximum Gasteiger partial charge on any atom is 0.240 e. The van der Waals surface area contributed by atoms with Gasteiger partial charge in [-0.05, 0) is 31.2 Å². The lowest BCUT2D eigenvalue weighted by molar-refractivity contribution is 0.416. The van der Waals surface area contributed by atoms with Gasteiger partial charge in [-0.3, -0.25) is 0 Å². The second kappa shape index (κ2) is 7.99. The highest BCUT2D eigenvalue weighted by Crippen LogP contribution is 2.31. The van der Waals surface area contributed by atoms with Gasteiger partial charge in [-0.2, -0.15) is 0 Å². The van der Waals surface area contributed by atoms with Gasteiger partial charge in [-0.15, -0.1) is 11.3 Å². The minimum absolute atomic E-state index is 0.274. The Bertz CT molecular complexity index is 980. The first-order chi connectivity index (χ1) is 12.5. The van der Waals surface area contributed by atoms with Gasteiger partial charge in [0.05, 0.1) is 23.3 Å². The molecule has 26 heavy (non-hydrogen) atoms. The summed E-state index contributed by atoms with van der Waals surface area (Å²) in [6, 6.07) is 14.5. The van der Waals surface area contributed by atoms with Crippen molar-refractivity contribution in [3.05, 3.63) is 65.2 Å². The van der Waals surface area contributed by atoms with E-state index in [1.807, 2.05) is 36.6 Å². The molecule has 3 aromatic rings. The van der Waals surface area contributed by atoms with Crippen LogP contribution in [0.25, 0.3) is 10.6 Å². The van der Waals surface area contributed by atoms with Crippen LogP contribution in [0.2, 0.25) is 0 Å². The number of ether oxygens (including phenoxy) is 1. The van der Waals surface area contributed by atoms with E-state index in [1.165, 1.54) is 11.3 Å². The topological polar surface area (TPSA) is 68.3 Å². The van der Waals surface area contributed by atoms with E-state index in [9.17, 15) is 8.42 Å². The van der Waals surface area contributed by atoms with Gasteiger partial charge in [0, 0.05) is 18.3 Å². The molecular formula is C19H20N2O3S2. The zero-order valence-corrected chi connectivity index (χ0v) is 16.2. The Balaban J connectivity index is 1.64. The van der Waals surface area contributed by atoms with Crippen molar-refractivity contribution in [1.29, 1.82) is 0 Å². The van der Waals surface area contributed by atoms with Crippen LogP contribution in [0, 0.1) is 6.92 Å². The summed E-state index contributed by atoms with van der Waals surface area (Å²) >= 11 is 1.52. The van der Waals surface area contributed by atoms with Crippen LogP contribution in [0.1, 0.15) is 11.3 Å². The summed E-state index contributed by atoms with van der Waals surface area (Å²) in [6.07, 6.45) is 0.525. The van der Waals surface area contributed by atoms with Crippen molar-refractivity contribution >= 4 is 21.4 Å². The fraction of sp³-hybridized carbons (Fsp3) is 0.211. The van der Waals surface area contributed by atoms with Gasteiger partial charge >= 0.3 is 0 Å². The largest absolute Gasteiger partial charge is 0.496 e. The molecule has 0 radical (unpaired) electrons. The molecule has 0 aliphatic carbocycles. The third-order valence-corrected chi connectivity index (χ3v) is 6.29. The van der Waals surface area contributed by atoms with Crippen LogP contribution in [-0.4, -0.2) is 27.1 Å². The van der Waals surface area contributed by atoms with E-state index in [0.29, 0.717) is 13.0 Å². The molecule has 1 aromatic heterocycles. The van der Waals surface area contributed by atoms with Crippen molar-refractivity contribution in [2.45, 2.75) is 18.2 Å². The van der Waals surface area contributed by atoms with E-state index >= 15 is 0 Å². The highest BCUT2D eigenvalue weighted by Gasteiger charge is 2.14. The predicted molar refractivity (Wildman–Crippen MR) is 104 cm³/mol. The van der Waals surface area contributed by atoms with Crippen molar-refractivity contribution in [3.63, 3.8) is 0 Å². The minimum atomic E-state index is -3.50. The Morgan fingerprint density at radius 2 is 1.85 bits per heavy atom. The highest BCUT2D eigenvalue weighted by molar-refractivity contribution is 7.89. The smallest absolute Gasteiger partial charge is 0.240 e. The molecule has 5 nitrogen and oxygen atoms in total. The molecule has 3 rings (SSSR count). The number of nitrogens with one attached hydrogen (secondary N) is 1. The van der Waals surface area contributed by atoms with Gasteiger partial charge in [-0.25, -0.2) is 18.1 Å². The molecule has 0 aliphatic heterocycles. The Morgan fingerprint density at radius 3 is 2.58 bits per heavy atom. The number of hydrogen-bond donors (Lipinski definition) is 1. The van der Waals surface area contributed by atoms with E-state index in [2.05, 4.69) is 9.71 Å². The SMILES string of the molecule is COc1ccccc1-c1nc(CCNS(=O)(=O)c2ccc(C)cc2)cs1. The molecular weight excluding hydrogens is 368 g/mol. The number of thiazole rings is 1. The van der Waals surface area contributed by atoms with E-state index in [4.69, 9.17) is 4.74 Å². The van der Waals surface area contributed by atoms with Gasteiger partial charge in [0.2, 0.25) is 10.0 Å². The quantitative estimate of drug-likeness (QED) is 0.671. The van der Waals surface area contributed by atoms with Gasteiger partial charge < -0.3 is 4.74 Å². The number of para-hydroxylation sites is 1. The molecule has 0 aliphatic rings. The summed E-state index contributed by atoms with van der Waals surface area (Å²) in [5.74, 6) is 0.772. The number of benzene rings is 2. The molecule has 0 saturated carbocycles. The lowest BCUT2D eigenvalue weighted by Crippen LogP contribution is -2.26. The maximum atomic E-state index is 12.3. The predicted octanol–water partition coefficient (Wildman–Crippen LogP) is 3.65. The Hall–Kier alpha value is -2.22. The lowest BCUT2D eigenvalue weighted by Gasteiger charge is -2.06. The molecule has 136 valence electrons. The summed E-state index contributed by atoms with van der Waals surface area (Å²) in [5.41, 5.74) is 2.81. The van der Waals surface area contributed by atoms with Crippen LogP contribution >= 0.6 is 11.3 Å². The molecule has 0 fully saturated rings. The molecule has 0 spiro atoms. The number of aryl methyl sites for hydroxylation is 1. The third kappa shape index (κ3) is 4.30. The van der Waals surface area contributed by atoms with Gasteiger partial charge in [0.15, 0.2) is 0 Å². The van der Waals surface area contributed by atoms with Gasteiger partial charge in [-0.1, -0.05) is 29.8 Å². The van der Waals surface area contributed by atoms with Crippen molar-refractivity contribution < 1.29 is 13.2 Å². The molecule has 1 heterocycles. The number of rotatable bonds is 7. The highest BCUT2D eigenvalue weighted by atomic mass is 32.2. The van der Waals surface area contributed by atoms with Crippen LogP contribution in [0.15, 0.2) is 58.8 Å². The first kappa shape index (κ1) is 18.6. The molecule has 2 aromatic carbocycles. The summed E-state index contributed by atoms with van der Waals surface area (Å²) in [6.45, 7) is 2.22. The monoisotopic (exact) mass is 388 g/mol.